The zero-order chi connectivity index (χ0) is 13.1. The molecule has 94 valence electrons. The van der Waals surface area contributed by atoms with Gasteiger partial charge in [-0.2, -0.15) is 0 Å². The highest BCUT2D eigenvalue weighted by molar-refractivity contribution is 5.33. The molecule has 6 heteroatoms. The van der Waals surface area contributed by atoms with Crippen LogP contribution in [0.25, 0.3) is 0 Å². The predicted molar refractivity (Wildman–Crippen MR) is 66.0 cm³/mol. The van der Waals surface area contributed by atoms with Crippen molar-refractivity contribution in [3.8, 4) is 0 Å². The number of hydrogen-bond acceptors (Lipinski definition) is 5. The minimum atomic E-state index is -0.496. The molecule has 1 aromatic heterocycles. The largest absolute Gasteiger partial charge is 0.341 e. The van der Waals surface area contributed by atoms with Gasteiger partial charge in [-0.15, -0.1) is 0 Å². The van der Waals surface area contributed by atoms with E-state index in [1.807, 2.05) is 11.8 Å². The van der Waals surface area contributed by atoms with Gasteiger partial charge in [-0.25, -0.2) is 9.97 Å². The van der Waals surface area contributed by atoms with E-state index in [4.69, 9.17) is 0 Å². The molecule has 0 radical (unpaired) electrons. The zero-order valence-electron chi connectivity index (χ0n) is 10.7. The van der Waals surface area contributed by atoms with Gasteiger partial charge in [-0.3, -0.25) is 10.1 Å². The quantitative estimate of drug-likeness (QED) is 0.594. The standard InChI is InChI=1S/C11H18N4O2/c1-5-14(8-11(2,3)4)10-12-6-9(7-13-10)15(16)17/h6-7H,5,8H2,1-4H3. The van der Waals surface area contributed by atoms with E-state index in [0.717, 1.165) is 13.1 Å². The van der Waals surface area contributed by atoms with Gasteiger partial charge in [0.05, 0.1) is 4.92 Å². The fourth-order valence-corrected chi connectivity index (χ4v) is 1.47. The van der Waals surface area contributed by atoms with E-state index in [0.29, 0.717) is 5.95 Å². The summed E-state index contributed by atoms with van der Waals surface area (Å²) in [6.07, 6.45) is 2.49. The summed E-state index contributed by atoms with van der Waals surface area (Å²) in [7, 11) is 0. The summed E-state index contributed by atoms with van der Waals surface area (Å²) in [6.45, 7) is 9.97. The molecule has 0 fully saturated rings. The van der Waals surface area contributed by atoms with E-state index in [-0.39, 0.29) is 11.1 Å². The molecule has 0 amide bonds. The van der Waals surface area contributed by atoms with Crippen molar-refractivity contribution in [3.05, 3.63) is 22.5 Å². The van der Waals surface area contributed by atoms with Gasteiger partial charge in [0, 0.05) is 13.1 Å². The smallest absolute Gasteiger partial charge is 0.305 e. The molecule has 1 rings (SSSR count). The molecule has 0 atom stereocenters. The van der Waals surface area contributed by atoms with Crippen LogP contribution >= 0.6 is 0 Å². The average molecular weight is 238 g/mol. The van der Waals surface area contributed by atoms with E-state index < -0.39 is 4.92 Å². The van der Waals surface area contributed by atoms with E-state index in [1.54, 1.807) is 0 Å². The van der Waals surface area contributed by atoms with Crippen LogP contribution in [0.5, 0.6) is 0 Å². The first-order valence-electron chi connectivity index (χ1n) is 5.55. The maximum Gasteiger partial charge on any atom is 0.305 e. The van der Waals surface area contributed by atoms with Crippen molar-refractivity contribution < 1.29 is 4.92 Å². The van der Waals surface area contributed by atoms with Crippen LogP contribution in [0.1, 0.15) is 27.7 Å². The van der Waals surface area contributed by atoms with Crippen molar-refractivity contribution in [1.29, 1.82) is 0 Å². The van der Waals surface area contributed by atoms with Gasteiger partial charge in [0.1, 0.15) is 12.4 Å². The maximum absolute atomic E-state index is 10.5. The van der Waals surface area contributed by atoms with E-state index >= 15 is 0 Å². The molecule has 0 aromatic carbocycles. The molecule has 0 aliphatic carbocycles. The van der Waals surface area contributed by atoms with Crippen LogP contribution in [0.4, 0.5) is 11.6 Å². The molecule has 0 unspecified atom stereocenters. The Balaban J connectivity index is 2.86. The van der Waals surface area contributed by atoms with Gasteiger partial charge in [0.2, 0.25) is 5.95 Å². The monoisotopic (exact) mass is 238 g/mol. The Hall–Kier alpha value is -1.72. The summed E-state index contributed by atoms with van der Waals surface area (Å²) in [5.41, 5.74) is 0.0433. The zero-order valence-corrected chi connectivity index (χ0v) is 10.7. The van der Waals surface area contributed by atoms with E-state index in [9.17, 15) is 10.1 Å². The van der Waals surface area contributed by atoms with Crippen LogP contribution in [0.2, 0.25) is 0 Å². The molecule has 0 aliphatic heterocycles. The molecule has 0 spiro atoms. The van der Waals surface area contributed by atoms with Crippen molar-refractivity contribution >= 4 is 11.6 Å². The van der Waals surface area contributed by atoms with Crippen LogP contribution < -0.4 is 4.90 Å². The second-order valence-corrected chi connectivity index (χ2v) is 5.07. The third-order valence-corrected chi connectivity index (χ3v) is 2.17. The highest BCUT2D eigenvalue weighted by atomic mass is 16.6. The van der Waals surface area contributed by atoms with Crippen molar-refractivity contribution in [2.24, 2.45) is 5.41 Å². The highest BCUT2D eigenvalue weighted by Crippen LogP contribution is 2.19. The first-order chi connectivity index (χ1) is 7.83. The van der Waals surface area contributed by atoms with Gasteiger partial charge < -0.3 is 4.90 Å². The lowest BCUT2D eigenvalue weighted by Gasteiger charge is -2.28. The Labute approximate surface area is 101 Å². The Morgan fingerprint density at radius 2 is 1.88 bits per heavy atom. The lowest BCUT2D eigenvalue weighted by molar-refractivity contribution is -0.385. The number of nitrogens with zero attached hydrogens (tertiary/aromatic N) is 4. The molecular formula is C11H18N4O2. The summed E-state index contributed by atoms with van der Waals surface area (Å²) >= 11 is 0. The minimum Gasteiger partial charge on any atom is -0.341 e. The highest BCUT2D eigenvalue weighted by Gasteiger charge is 2.18. The molecule has 1 aromatic rings. The fraction of sp³-hybridized carbons (Fsp3) is 0.636. The van der Waals surface area contributed by atoms with Crippen molar-refractivity contribution in [2.45, 2.75) is 27.7 Å². The molecule has 0 N–H and O–H groups in total. The van der Waals surface area contributed by atoms with Crippen molar-refractivity contribution in [1.82, 2.24) is 9.97 Å². The number of rotatable bonds is 4. The summed E-state index contributed by atoms with van der Waals surface area (Å²) in [5, 5.41) is 10.5. The average Bonchev–Trinajstić information content (AvgIpc) is 2.25. The van der Waals surface area contributed by atoms with Crippen LogP contribution in [-0.2, 0) is 0 Å². The van der Waals surface area contributed by atoms with E-state index in [1.165, 1.54) is 12.4 Å². The summed E-state index contributed by atoms with van der Waals surface area (Å²) in [5.74, 6) is 0.535. The van der Waals surface area contributed by atoms with Crippen LogP contribution in [0.15, 0.2) is 12.4 Å². The molecule has 0 bridgehead atoms. The molecular weight excluding hydrogens is 220 g/mol. The Morgan fingerprint density at radius 1 is 1.35 bits per heavy atom. The van der Waals surface area contributed by atoms with Crippen LogP contribution in [0, 0.1) is 15.5 Å². The first kappa shape index (κ1) is 13.3. The Kier molecular flexibility index (Phi) is 3.98. The first-order valence-corrected chi connectivity index (χ1v) is 5.55. The van der Waals surface area contributed by atoms with E-state index in [2.05, 4.69) is 30.7 Å². The molecule has 0 aliphatic rings. The summed E-state index contributed by atoms with van der Waals surface area (Å²) in [4.78, 5) is 20.1. The fourth-order valence-electron chi connectivity index (χ4n) is 1.47. The second-order valence-electron chi connectivity index (χ2n) is 5.07. The second kappa shape index (κ2) is 5.07. The molecule has 1 heterocycles. The maximum atomic E-state index is 10.5. The minimum absolute atomic E-state index is 0.0828. The normalized spacial score (nSPS) is 11.3. The van der Waals surface area contributed by atoms with Crippen molar-refractivity contribution in [2.75, 3.05) is 18.0 Å². The third kappa shape index (κ3) is 3.97. The lowest BCUT2D eigenvalue weighted by atomic mass is 9.96. The molecule has 0 saturated heterocycles. The number of anilines is 1. The van der Waals surface area contributed by atoms with Gasteiger partial charge >= 0.3 is 5.69 Å². The van der Waals surface area contributed by atoms with Gasteiger partial charge in [0.25, 0.3) is 0 Å². The number of aromatic nitrogens is 2. The molecule has 6 nitrogen and oxygen atoms in total. The Morgan fingerprint density at radius 3 is 2.24 bits per heavy atom. The third-order valence-electron chi connectivity index (χ3n) is 2.17. The summed E-state index contributed by atoms with van der Waals surface area (Å²) < 4.78 is 0. The lowest BCUT2D eigenvalue weighted by Crippen LogP contribution is -2.33. The van der Waals surface area contributed by atoms with Crippen molar-refractivity contribution in [3.63, 3.8) is 0 Å². The Bertz CT molecular complexity index is 383. The topological polar surface area (TPSA) is 72.2 Å². The predicted octanol–water partition coefficient (Wildman–Crippen LogP) is 2.26. The SMILES string of the molecule is CCN(CC(C)(C)C)c1ncc([N+](=O)[O-])cn1. The molecule has 0 saturated carbocycles. The number of nitro groups is 1. The van der Waals surface area contributed by atoms with Crippen LogP contribution in [-0.4, -0.2) is 28.0 Å². The van der Waals surface area contributed by atoms with Gasteiger partial charge in [-0.1, -0.05) is 20.8 Å². The summed E-state index contributed by atoms with van der Waals surface area (Å²) in [6, 6.07) is 0. The molecule has 17 heavy (non-hydrogen) atoms. The van der Waals surface area contributed by atoms with Gasteiger partial charge in [-0.05, 0) is 12.3 Å². The number of hydrogen-bond donors (Lipinski definition) is 0. The van der Waals surface area contributed by atoms with Crippen LogP contribution in [0.3, 0.4) is 0 Å². The van der Waals surface area contributed by atoms with Gasteiger partial charge in [0.15, 0.2) is 0 Å².